The monoisotopic (exact) mass is 410 g/mol. The van der Waals surface area contributed by atoms with E-state index >= 15 is 0 Å². The van der Waals surface area contributed by atoms with Crippen LogP contribution in [-0.4, -0.2) is 52.0 Å². The number of fused-ring (bicyclic) bond motifs is 2. The second-order valence-corrected chi connectivity index (χ2v) is 7.03. The molecule has 2 aromatic carbocycles. The fourth-order valence-electron chi connectivity index (χ4n) is 3.37. The molecule has 1 atom stereocenters. The number of carbonyl (C=O) groups is 1. The maximum Gasteiger partial charge on any atom is 0.246 e. The van der Waals surface area contributed by atoms with Gasteiger partial charge in [0.2, 0.25) is 5.91 Å². The first-order valence-electron chi connectivity index (χ1n) is 10.4. The Hall–Kier alpha value is -2.51. The SMILES string of the molecule is NCCOCCOCCNC(=O)COC1Cc2ccccc2/C=C\c2ccccc21. The molecule has 1 unspecified atom stereocenters. The number of nitrogens with one attached hydrogen (secondary N) is 1. The van der Waals surface area contributed by atoms with E-state index in [1.807, 2.05) is 24.3 Å². The molecule has 3 rings (SSSR count). The molecule has 160 valence electrons. The maximum absolute atomic E-state index is 12.2. The van der Waals surface area contributed by atoms with E-state index in [1.54, 1.807) is 0 Å². The van der Waals surface area contributed by atoms with Crippen molar-refractivity contribution in [3.05, 3.63) is 70.8 Å². The lowest BCUT2D eigenvalue weighted by atomic mass is 9.91. The molecule has 1 aliphatic rings. The fraction of sp³-hybridized carbons (Fsp3) is 0.375. The Morgan fingerprint density at radius 2 is 1.63 bits per heavy atom. The highest BCUT2D eigenvalue weighted by molar-refractivity contribution is 5.77. The van der Waals surface area contributed by atoms with Crippen LogP contribution in [0.3, 0.4) is 0 Å². The Morgan fingerprint density at radius 1 is 0.933 bits per heavy atom. The predicted molar refractivity (Wildman–Crippen MR) is 118 cm³/mol. The Morgan fingerprint density at radius 3 is 2.47 bits per heavy atom. The van der Waals surface area contributed by atoms with Gasteiger partial charge < -0.3 is 25.3 Å². The average Bonchev–Trinajstić information content (AvgIpc) is 2.76. The largest absolute Gasteiger partial charge is 0.378 e. The van der Waals surface area contributed by atoms with E-state index in [2.05, 4.69) is 41.7 Å². The van der Waals surface area contributed by atoms with Gasteiger partial charge in [-0.05, 0) is 22.3 Å². The van der Waals surface area contributed by atoms with Crippen LogP contribution in [-0.2, 0) is 25.4 Å². The lowest BCUT2D eigenvalue weighted by molar-refractivity contribution is -0.128. The number of benzene rings is 2. The number of amides is 1. The smallest absolute Gasteiger partial charge is 0.246 e. The fourth-order valence-corrected chi connectivity index (χ4v) is 3.37. The molecule has 0 radical (unpaired) electrons. The van der Waals surface area contributed by atoms with Crippen LogP contribution in [0.25, 0.3) is 12.2 Å². The summed E-state index contributed by atoms with van der Waals surface area (Å²) in [6, 6.07) is 16.4. The zero-order valence-corrected chi connectivity index (χ0v) is 17.2. The first kappa shape index (κ1) is 22.2. The van der Waals surface area contributed by atoms with E-state index < -0.39 is 0 Å². The molecule has 3 N–H and O–H groups in total. The maximum atomic E-state index is 12.2. The second kappa shape index (κ2) is 12.2. The summed E-state index contributed by atoms with van der Waals surface area (Å²) in [5, 5.41) is 2.83. The highest BCUT2D eigenvalue weighted by Crippen LogP contribution is 2.30. The van der Waals surface area contributed by atoms with Crippen molar-refractivity contribution in [1.29, 1.82) is 0 Å². The van der Waals surface area contributed by atoms with Crippen LogP contribution in [0.5, 0.6) is 0 Å². The van der Waals surface area contributed by atoms with Gasteiger partial charge >= 0.3 is 0 Å². The molecule has 0 aliphatic heterocycles. The van der Waals surface area contributed by atoms with Crippen molar-refractivity contribution in [2.45, 2.75) is 12.5 Å². The Kier molecular flexibility index (Phi) is 9.05. The van der Waals surface area contributed by atoms with Crippen molar-refractivity contribution in [3.63, 3.8) is 0 Å². The molecule has 1 aliphatic carbocycles. The number of nitrogens with two attached hydrogens (primary N) is 1. The van der Waals surface area contributed by atoms with Crippen LogP contribution in [0.2, 0.25) is 0 Å². The first-order chi connectivity index (χ1) is 14.8. The van der Waals surface area contributed by atoms with Gasteiger partial charge in [0, 0.05) is 19.5 Å². The minimum absolute atomic E-state index is 0.00446. The zero-order chi connectivity index (χ0) is 21.0. The summed E-state index contributed by atoms with van der Waals surface area (Å²) >= 11 is 0. The van der Waals surface area contributed by atoms with Gasteiger partial charge in [0.05, 0.1) is 32.5 Å². The predicted octanol–water partition coefficient (Wildman–Crippen LogP) is 2.58. The van der Waals surface area contributed by atoms with Gasteiger partial charge in [0.1, 0.15) is 6.61 Å². The summed E-state index contributed by atoms with van der Waals surface area (Å²) in [6.45, 7) is 2.90. The van der Waals surface area contributed by atoms with Crippen LogP contribution < -0.4 is 11.1 Å². The molecular weight excluding hydrogens is 380 g/mol. The molecule has 0 saturated heterocycles. The molecular formula is C24H30N2O4. The summed E-state index contributed by atoms with van der Waals surface area (Å²) < 4.78 is 16.7. The number of hydrogen-bond donors (Lipinski definition) is 2. The normalized spacial score (nSPS) is 16.1. The molecule has 1 amide bonds. The van der Waals surface area contributed by atoms with Gasteiger partial charge in [-0.2, -0.15) is 0 Å². The van der Waals surface area contributed by atoms with Crippen molar-refractivity contribution < 1.29 is 19.0 Å². The number of carbonyl (C=O) groups excluding carboxylic acids is 1. The average molecular weight is 411 g/mol. The van der Waals surface area contributed by atoms with E-state index in [1.165, 1.54) is 11.1 Å². The first-order valence-corrected chi connectivity index (χ1v) is 10.4. The van der Waals surface area contributed by atoms with Gasteiger partial charge in [0.25, 0.3) is 0 Å². The van der Waals surface area contributed by atoms with Gasteiger partial charge in [-0.15, -0.1) is 0 Å². The summed E-state index contributed by atoms with van der Waals surface area (Å²) in [7, 11) is 0. The summed E-state index contributed by atoms with van der Waals surface area (Å²) in [6.07, 6.45) is 4.78. The number of ether oxygens (including phenoxy) is 3. The van der Waals surface area contributed by atoms with Crippen LogP contribution in [0, 0.1) is 0 Å². The van der Waals surface area contributed by atoms with Crippen LogP contribution in [0.15, 0.2) is 48.5 Å². The molecule has 6 nitrogen and oxygen atoms in total. The Bertz CT molecular complexity index is 837. The highest BCUT2D eigenvalue weighted by atomic mass is 16.5. The van der Waals surface area contributed by atoms with Crippen LogP contribution >= 0.6 is 0 Å². The minimum Gasteiger partial charge on any atom is -0.378 e. The third-order valence-electron chi connectivity index (χ3n) is 4.86. The molecule has 6 heteroatoms. The van der Waals surface area contributed by atoms with E-state index in [0.29, 0.717) is 39.5 Å². The molecule has 0 aromatic heterocycles. The third-order valence-corrected chi connectivity index (χ3v) is 4.86. The van der Waals surface area contributed by atoms with Gasteiger partial charge in [-0.1, -0.05) is 60.7 Å². The number of rotatable bonds is 11. The van der Waals surface area contributed by atoms with Crippen molar-refractivity contribution in [2.75, 3.05) is 46.1 Å². The highest BCUT2D eigenvalue weighted by Gasteiger charge is 2.20. The van der Waals surface area contributed by atoms with Gasteiger partial charge in [0.15, 0.2) is 0 Å². The van der Waals surface area contributed by atoms with Crippen molar-refractivity contribution in [3.8, 4) is 0 Å². The van der Waals surface area contributed by atoms with Crippen LogP contribution in [0.4, 0.5) is 0 Å². The lowest BCUT2D eigenvalue weighted by Crippen LogP contribution is -2.31. The topological polar surface area (TPSA) is 82.8 Å². The summed E-state index contributed by atoms with van der Waals surface area (Å²) in [5.41, 5.74) is 9.94. The molecule has 30 heavy (non-hydrogen) atoms. The van der Waals surface area contributed by atoms with E-state index in [0.717, 1.165) is 17.5 Å². The van der Waals surface area contributed by atoms with E-state index in [4.69, 9.17) is 19.9 Å². The molecule has 0 bridgehead atoms. The standard InChI is InChI=1S/C24H30N2O4/c25-11-13-28-15-16-29-14-12-26-24(27)18-30-23-17-21-7-2-1-5-19(21)9-10-20-6-3-4-8-22(20)23/h1-10,23H,11-18,25H2,(H,26,27)/b10-9-. The Balaban J connectivity index is 1.49. The van der Waals surface area contributed by atoms with Crippen molar-refractivity contribution >= 4 is 18.1 Å². The van der Waals surface area contributed by atoms with Gasteiger partial charge in [-0.25, -0.2) is 0 Å². The molecule has 2 aromatic rings. The number of hydrogen-bond acceptors (Lipinski definition) is 5. The summed E-state index contributed by atoms with van der Waals surface area (Å²) in [5.74, 6) is -0.152. The quantitative estimate of drug-likeness (QED) is 0.557. The Labute approximate surface area is 178 Å². The van der Waals surface area contributed by atoms with Gasteiger partial charge in [-0.3, -0.25) is 4.79 Å². The van der Waals surface area contributed by atoms with Crippen LogP contribution in [0.1, 0.15) is 28.4 Å². The molecule has 0 saturated carbocycles. The molecule has 0 heterocycles. The molecule has 0 fully saturated rings. The lowest BCUT2D eigenvalue weighted by Gasteiger charge is -2.23. The third kappa shape index (κ3) is 6.78. The van der Waals surface area contributed by atoms with E-state index in [9.17, 15) is 4.79 Å². The second-order valence-electron chi connectivity index (χ2n) is 7.03. The van der Waals surface area contributed by atoms with E-state index in [-0.39, 0.29) is 18.6 Å². The summed E-state index contributed by atoms with van der Waals surface area (Å²) in [4.78, 5) is 12.2. The molecule has 0 spiro atoms. The minimum atomic E-state index is -0.186. The van der Waals surface area contributed by atoms with Crippen molar-refractivity contribution in [2.24, 2.45) is 5.73 Å². The zero-order valence-electron chi connectivity index (χ0n) is 17.2. The van der Waals surface area contributed by atoms with Crippen molar-refractivity contribution in [1.82, 2.24) is 5.32 Å².